The molecule has 0 saturated carbocycles. The average molecular weight is 246 g/mol. The van der Waals surface area contributed by atoms with Crippen LogP contribution in [0.5, 0.6) is 0 Å². The van der Waals surface area contributed by atoms with Crippen molar-refractivity contribution in [2.75, 3.05) is 18.1 Å². The molecule has 0 aromatic carbocycles. The molecular formula is C12H22O3S. The molecule has 0 radical (unpaired) electrons. The summed E-state index contributed by atoms with van der Waals surface area (Å²) in [5.41, 5.74) is 0. The Morgan fingerprint density at radius 2 is 2.06 bits per heavy atom. The highest BCUT2D eigenvalue weighted by molar-refractivity contribution is 7.99. The minimum atomic E-state index is -0.502. The van der Waals surface area contributed by atoms with E-state index in [2.05, 4.69) is 6.92 Å². The topological polar surface area (TPSA) is 46.5 Å². The normalized spacial score (nSPS) is 24.6. The summed E-state index contributed by atoms with van der Waals surface area (Å²) in [5, 5.41) is 9.51. The number of hydrogen-bond acceptors (Lipinski definition) is 4. The number of rotatable bonds is 7. The summed E-state index contributed by atoms with van der Waals surface area (Å²) in [6, 6.07) is 0. The van der Waals surface area contributed by atoms with Crippen molar-refractivity contribution >= 4 is 17.7 Å². The lowest BCUT2D eigenvalue weighted by atomic mass is 10.1. The highest BCUT2D eigenvalue weighted by Crippen LogP contribution is 2.25. The summed E-state index contributed by atoms with van der Waals surface area (Å²) in [7, 11) is 0. The van der Waals surface area contributed by atoms with Crippen LogP contribution in [0.1, 0.15) is 39.0 Å². The van der Waals surface area contributed by atoms with Crippen molar-refractivity contribution in [1.82, 2.24) is 0 Å². The third-order valence-electron chi connectivity index (χ3n) is 2.85. The Morgan fingerprint density at radius 3 is 2.69 bits per heavy atom. The molecule has 94 valence electrons. The summed E-state index contributed by atoms with van der Waals surface area (Å²) in [6.45, 7) is 2.69. The zero-order chi connectivity index (χ0) is 11.8. The molecule has 1 aliphatic heterocycles. The molecule has 2 atom stereocenters. The maximum Gasteiger partial charge on any atom is 0.312 e. The number of aliphatic hydroxyl groups excluding tert-OH is 1. The molecule has 1 rings (SSSR count). The van der Waals surface area contributed by atoms with Gasteiger partial charge in [0, 0.05) is 11.5 Å². The molecule has 1 heterocycles. The summed E-state index contributed by atoms with van der Waals surface area (Å²) in [5.74, 6) is 0.861. The number of carbonyl (C=O) groups is 1. The molecule has 1 aliphatic rings. The first kappa shape index (κ1) is 13.8. The van der Waals surface area contributed by atoms with Crippen LogP contribution in [0.15, 0.2) is 0 Å². The molecular weight excluding hydrogens is 224 g/mol. The lowest BCUT2D eigenvalue weighted by Crippen LogP contribution is -2.28. The van der Waals surface area contributed by atoms with Gasteiger partial charge < -0.3 is 9.84 Å². The van der Waals surface area contributed by atoms with Crippen molar-refractivity contribution in [3.63, 3.8) is 0 Å². The number of aliphatic hydroxyl groups is 1. The molecule has 1 saturated heterocycles. The van der Waals surface area contributed by atoms with E-state index in [1.807, 2.05) is 0 Å². The first-order chi connectivity index (χ1) is 7.75. The van der Waals surface area contributed by atoms with Crippen LogP contribution in [0.3, 0.4) is 0 Å². The maximum atomic E-state index is 11.5. The quantitative estimate of drug-likeness (QED) is 0.553. The molecule has 3 nitrogen and oxygen atoms in total. The van der Waals surface area contributed by atoms with Crippen LogP contribution in [0.25, 0.3) is 0 Å². The molecule has 0 aliphatic carbocycles. The summed E-state index contributed by atoms with van der Waals surface area (Å²) in [6.07, 6.45) is 5.27. The van der Waals surface area contributed by atoms with Gasteiger partial charge in [-0.3, -0.25) is 4.79 Å². The van der Waals surface area contributed by atoms with E-state index in [1.165, 1.54) is 19.3 Å². The number of unbranched alkanes of at least 4 members (excludes halogenated alkanes) is 4. The number of thioether (sulfide) groups is 1. The number of esters is 1. The highest BCUT2D eigenvalue weighted by Gasteiger charge is 2.33. The first-order valence-corrected chi connectivity index (χ1v) is 7.33. The van der Waals surface area contributed by atoms with E-state index in [-0.39, 0.29) is 11.9 Å². The lowest BCUT2D eigenvalue weighted by molar-refractivity contribution is -0.150. The summed E-state index contributed by atoms with van der Waals surface area (Å²) in [4.78, 5) is 11.5. The van der Waals surface area contributed by atoms with Crippen LogP contribution in [0.4, 0.5) is 0 Å². The van der Waals surface area contributed by atoms with E-state index >= 15 is 0 Å². The standard InChI is InChI=1S/C12H22O3S/c1-2-3-4-5-6-7-15-12(14)10-8-16-9-11(10)13/h10-11,13H,2-9H2,1H3. The van der Waals surface area contributed by atoms with Crippen molar-refractivity contribution in [1.29, 1.82) is 0 Å². The van der Waals surface area contributed by atoms with Crippen molar-refractivity contribution in [3.05, 3.63) is 0 Å². The van der Waals surface area contributed by atoms with E-state index in [4.69, 9.17) is 4.74 Å². The second-order valence-corrected chi connectivity index (χ2v) is 5.37. The largest absolute Gasteiger partial charge is 0.465 e. The molecule has 0 bridgehead atoms. The zero-order valence-corrected chi connectivity index (χ0v) is 10.8. The molecule has 4 heteroatoms. The predicted molar refractivity (Wildman–Crippen MR) is 66.5 cm³/mol. The first-order valence-electron chi connectivity index (χ1n) is 6.18. The third kappa shape index (κ3) is 4.74. The number of ether oxygens (including phenoxy) is 1. The van der Waals surface area contributed by atoms with Crippen LogP contribution in [-0.2, 0) is 9.53 Å². The van der Waals surface area contributed by atoms with Gasteiger partial charge >= 0.3 is 5.97 Å². The van der Waals surface area contributed by atoms with E-state index in [1.54, 1.807) is 11.8 Å². The van der Waals surface area contributed by atoms with Crippen LogP contribution in [0, 0.1) is 5.92 Å². The molecule has 0 amide bonds. The third-order valence-corrected chi connectivity index (χ3v) is 4.02. The molecule has 0 spiro atoms. The number of carbonyl (C=O) groups excluding carboxylic acids is 1. The Balaban J connectivity index is 2.02. The highest BCUT2D eigenvalue weighted by atomic mass is 32.2. The van der Waals surface area contributed by atoms with Gasteiger partial charge in [0.25, 0.3) is 0 Å². The van der Waals surface area contributed by atoms with Crippen LogP contribution >= 0.6 is 11.8 Å². The van der Waals surface area contributed by atoms with E-state index in [0.717, 1.165) is 12.8 Å². The molecule has 1 N–H and O–H groups in total. The zero-order valence-electron chi connectivity index (χ0n) is 9.98. The van der Waals surface area contributed by atoms with Gasteiger partial charge in [0.05, 0.1) is 18.6 Å². The van der Waals surface area contributed by atoms with Crippen molar-refractivity contribution in [3.8, 4) is 0 Å². The Morgan fingerprint density at radius 1 is 1.31 bits per heavy atom. The fraction of sp³-hybridized carbons (Fsp3) is 0.917. The van der Waals surface area contributed by atoms with Crippen molar-refractivity contribution in [2.45, 2.75) is 45.1 Å². The van der Waals surface area contributed by atoms with E-state index < -0.39 is 6.10 Å². The van der Waals surface area contributed by atoms with Gasteiger partial charge in [0.15, 0.2) is 0 Å². The van der Waals surface area contributed by atoms with Crippen LogP contribution < -0.4 is 0 Å². The van der Waals surface area contributed by atoms with Gasteiger partial charge in [-0.25, -0.2) is 0 Å². The predicted octanol–water partition coefficient (Wildman–Crippen LogP) is 2.22. The second kappa shape index (κ2) is 7.96. The Labute approximate surface area is 102 Å². The van der Waals surface area contributed by atoms with Gasteiger partial charge in [0.2, 0.25) is 0 Å². The van der Waals surface area contributed by atoms with E-state index in [9.17, 15) is 9.90 Å². The average Bonchev–Trinajstić information content (AvgIpc) is 2.69. The van der Waals surface area contributed by atoms with Crippen molar-refractivity contribution < 1.29 is 14.6 Å². The van der Waals surface area contributed by atoms with Crippen LogP contribution in [0.2, 0.25) is 0 Å². The monoisotopic (exact) mass is 246 g/mol. The smallest absolute Gasteiger partial charge is 0.312 e. The van der Waals surface area contributed by atoms with Gasteiger partial charge in [0.1, 0.15) is 0 Å². The van der Waals surface area contributed by atoms with Crippen LogP contribution in [-0.4, -0.2) is 35.3 Å². The minimum Gasteiger partial charge on any atom is -0.465 e. The molecule has 0 aromatic heterocycles. The Bertz CT molecular complexity index is 208. The summed E-state index contributed by atoms with van der Waals surface area (Å²) >= 11 is 1.62. The fourth-order valence-corrected chi connectivity index (χ4v) is 2.98. The van der Waals surface area contributed by atoms with Gasteiger partial charge in [-0.15, -0.1) is 0 Å². The molecule has 2 unspecified atom stereocenters. The molecule has 0 aromatic rings. The van der Waals surface area contributed by atoms with Gasteiger partial charge in [-0.2, -0.15) is 11.8 Å². The Hall–Kier alpha value is -0.220. The maximum absolute atomic E-state index is 11.5. The Kier molecular flexibility index (Phi) is 6.88. The summed E-state index contributed by atoms with van der Waals surface area (Å²) < 4.78 is 5.16. The minimum absolute atomic E-state index is 0.215. The van der Waals surface area contributed by atoms with Gasteiger partial charge in [-0.1, -0.05) is 32.6 Å². The van der Waals surface area contributed by atoms with Gasteiger partial charge in [-0.05, 0) is 6.42 Å². The lowest BCUT2D eigenvalue weighted by Gasteiger charge is -2.12. The second-order valence-electron chi connectivity index (χ2n) is 4.29. The number of hydrogen-bond donors (Lipinski definition) is 1. The van der Waals surface area contributed by atoms with E-state index in [0.29, 0.717) is 18.1 Å². The SMILES string of the molecule is CCCCCCCOC(=O)C1CSCC1O. The fourth-order valence-electron chi connectivity index (χ4n) is 1.75. The van der Waals surface area contributed by atoms with Crippen molar-refractivity contribution in [2.24, 2.45) is 5.92 Å². The molecule has 1 fully saturated rings. The molecule has 16 heavy (non-hydrogen) atoms.